The maximum atomic E-state index is 8.82. The van der Waals surface area contributed by atoms with Crippen LogP contribution >= 0.6 is 0 Å². The van der Waals surface area contributed by atoms with E-state index in [0.717, 1.165) is 12.8 Å². The normalized spacial score (nSPS) is 17.3. The Bertz CT molecular complexity index is 61.9. The molecule has 0 saturated heterocycles. The third-order valence-corrected chi connectivity index (χ3v) is 1.39. The van der Waals surface area contributed by atoms with Crippen molar-refractivity contribution in [2.24, 2.45) is 5.92 Å². The minimum atomic E-state index is -0.223. The van der Waals surface area contributed by atoms with Crippen molar-refractivity contribution in [2.45, 2.75) is 32.8 Å². The van der Waals surface area contributed by atoms with Crippen molar-refractivity contribution in [1.82, 2.24) is 0 Å². The van der Waals surface area contributed by atoms with Crippen molar-refractivity contribution in [3.8, 4) is 0 Å². The highest BCUT2D eigenvalue weighted by Gasteiger charge is 2.01. The summed E-state index contributed by atoms with van der Waals surface area (Å²) in [6, 6.07) is 0. The second-order valence-corrected chi connectivity index (χ2v) is 2.71. The Hall–Kier alpha value is -0.0800. The third kappa shape index (κ3) is 5.80. The SMILES string of the molecule is C[C@H](CO)CC[C@H](C)O. The minimum Gasteiger partial charge on any atom is -0.396 e. The highest BCUT2D eigenvalue weighted by atomic mass is 16.3. The summed E-state index contributed by atoms with van der Waals surface area (Å²) in [6.45, 7) is 3.97. The van der Waals surface area contributed by atoms with Gasteiger partial charge in [-0.25, -0.2) is 0 Å². The van der Waals surface area contributed by atoms with E-state index in [0.29, 0.717) is 5.92 Å². The average Bonchev–Trinajstić information content (AvgIpc) is 1.83. The fraction of sp³-hybridized carbons (Fsp3) is 1.00. The van der Waals surface area contributed by atoms with E-state index >= 15 is 0 Å². The predicted octanol–water partition coefficient (Wildman–Crippen LogP) is 0.776. The van der Waals surface area contributed by atoms with Gasteiger partial charge in [-0.1, -0.05) is 6.92 Å². The van der Waals surface area contributed by atoms with Gasteiger partial charge in [0.15, 0.2) is 0 Å². The molecule has 0 aliphatic carbocycles. The van der Waals surface area contributed by atoms with Gasteiger partial charge in [0.05, 0.1) is 6.10 Å². The van der Waals surface area contributed by atoms with E-state index in [2.05, 4.69) is 0 Å². The fourth-order valence-corrected chi connectivity index (χ4v) is 0.617. The highest BCUT2D eigenvalue weighted by Crippen LogP contribution is 2.05. The van der Waals surface area contributed by atoms with Crippen LogP contribution in [0.2, 0.25) is 0 Å². The molecule has 0 saturated carbocycles. The Morgan fingerprint density at radius 1 is 1.22 bits per heavy atom. The lowest BCUT2D eigenvalue weighted by Crippen LogP contribution is -2.06. The molecule has 0 radical (unpaired) electrons. The van der Waals surface area contributed by atoms with Gasteiger partial charge >= 0.3 is 0 Å². The molecule has 2 heteroatoms. The van der Waals surface area contributed by atoms with Crippen LogP contribution in [0.1, 0.15) is 26.7 Å². The first-order chi connectivity index (χ1) is 4.16. The van der Waals surface area contributed by atoms with Gasteiger partial charge in [0.1, 0.15) is 0 Å². The number of aliphatic hydroxyl groups is 2. The van der Waals surface area contributed by atoms with Crippen molar-refractivity contribution in [1.29, 1.82) is 0 Å². The van der Waals surface area contributed by atoms with Gasteiger partial charge in [-0.05, 0) is 25.7 Å². The molecule has 0 spiro atoms. The molecule has 0 amide bonds. The zero-order valence-electron chi connectivity index (χ0n) is 6.17. The number of aliphatic hydroxyl groups excluding tert-OH is 2. The maximum absolute atomic E-state index is 8.82. The van der Waals surface area contributed by atoms with Gasteiger partial charge < -0.3 is 10.2 Å². The predicted molar refractivity (Wildman–Crippen MR) is 37.2 cm³/mol. The molecule has 2 nitrogen and oxygen atoms in total. The fourth-order valence-electron chi connectivity index (χ4n) is 0.617. The molecule has 2 N–H and O–H groups in total. The quantitative estimate of drug-likeness (QED) is 0.593. The lowest BCUT2D eigenvalue weighted by atomic mass is 10.0. The number of hydrogen-bond acceptors (Lipinski definition) is 2. The van der Waals surface area contributed by atoms with Crippen LogP contribution in [0.5, 0.6) is 0 Å². The molecule has 0 aliphatic rings. The molecule has 0 fully saturated rings. The first-order valence-electron chi connectivity index (χ1n) is 3.45. The second kappa shape index (κ2) is 4.77. The van der Waals surface area contributed by atoms with Crippen LogP contribution in [0.4, 0.5) is 0 Å². The minimum absolute atomic E-state index is 0.223. The molecule has 0 unspecified atom stereocenters. The summed E-state index contributed by atoms with van der Waals surface area (Å²) >= 11 is 0. The summed E-state index contributed by atoms with van der Waals surface area (Å²) in [6.07, 6.45) is 1.48. The van der Waals surface area contributed by atoms with Crippen LogP contribution in [0.25, 0.3) is 0 Å². The zero-order valence-corrected chi connectivity index (χ0v) is 6.17. The Balaban J connectivity index is 3.06. The molecule has 0 aliphatic heterocycles. The Morgan fingerprint density at radius 2 is 1.78 bits per heavy atom. The molecule has 0 bridgehead atoms. The summed E-state index contributed by atoms with van der Waals surface area (Å²) in [7, 11) is 0. The van der Waals surface area contributed by atoms with Crippen LogP contribution in [0, 0.1) is 5.92 Å². The summed E-state index contributed by atoms with van der Waals surface area (Å²) < 4.78 is 0. The van der Waals surface area contributed by atoms with Gasteiger partial charge in [0.25, 0.3) is 0 Å². The Kier molecular flexibility index (Phi) is 4.72. The van der Waals surface area contributed by atoms with E-state index in [4.69, 9.17) is 10.2 Å². The Labute approximate surface area is 56.5 Å². The summed E-state index contributed by atoms with van der Waals surface area (Å²) in [4.78, 5) is 0. The number of hydrogen-bond donors (Lipinski definition) is 2. The standard InChI is InChI=1S/C7H16O2/c1-6(5-8)3-4-7(2)9/h6-9H,3-5H2,1-2H3/t6-,7-/m0/s1. The summed E-state index contributed by atoms with van der Waals surface area (Å²) in [5, 5.41) is 17.4. The van der Waals surface area contributed by atoms with E-state index in [1.807, 2.05) is 6.92 Å². The average molecular weight is 132 g/mol. The summed E-state index contributed by atoms with van der Waals surface area (Å²) in [5.74, 6) is 0.333. The van der Waals surface area contributed by atoms with Crippen molar-refractivity contribution in [3.63, 3.8) is 0 Å². The molecule has 0 aromatic carbocycles. The molecular formula is C7H16O2. The molecule has 0 aromatic rings. The monoisotopic (exact) mass is 132 g/mol. The smallest absolute Gasteiger partial charge is 0.0512 e. The van der Waals surface area contributed by atoms with Gasteiger partial charge in [0, 0.05) is 6.61 Å². The molecule has 0 heterocycles. The highest BCUT2D eigenvalue weighted by molar-refractivity contribution is 4.53. The van der Waals surface area contributed by atoms with E-state index in [1.165, 1.54) is 0 Å². The van der Waals surface area contributed by atoms with E-state index in [1.54, 1.807) is 6.92 Å². The van der Waals surface area contributed by atoms with Gasteiger partial charge in [-0.2, -0.15) is 0 Å². The topological polar surface area (TPSA) is 40.5 Å². The van der Waals surface area contributed by atoms with Crippen LogP contribution in [-0.2, 0) is 0 Å². The molecular weight excluding hydrogens is 116 g/mol. The van der Waals surface area contributed by atoms with Crippen LogP contribution < -0.4 is 0 Å². The van der Waals surface area contributed by atoms with Crippen LogP contribution in [0.15, 0.2) is 0 Å². The van der Waals surface area contributed by atoms with Gasteiger partial charge in [-0.15, -0.1) is 0 Å². The molecule has 2 atom stereocenters. The van der Waals surface area contributed by atoms with Crippen molar-refractivity contribution < 1.29 is 10.2 Å². The van der Waals surface area contributed by atoms with Gasteiger partial charge in [-0.3, -0.25) is 0 Å². The van der Waals surface area contributed by atoms with Crippen LogP contribution in [0.3, 0.4) is 0 Å². The Morgan fingerprint density at radius 3 is 2.11 bits per heavy atom. The van der Waals surface area contributed by atoms with E-state index < -0.39 is 0 Å². The second-order valence-electron chi connectivity index (χ2n) is 2.71. The lowest BCUT2D eigenvalue weighted by Gasteiger charge is -2.07. The third-order valence-electron chi connectivity index (χ3n) is 1.39. The van der Waals surface area contributed by atoms with E-state index in [-0.39, 0.29) is 12.7 Å². The number of rotatable bonds is 4. The molecule has 0 aromatic heterocycles. The van der Waals surface area contributed by atoms with Crippen molar-refractivity contribution in [2.75, 3.05) is 6.61 Å². The lowest BCUT2D eigenvalue weighted by molar-refractivity contribution is 0.160. The largest absolute Gasteiger partial charge is 0.396 e. The van der Waals surface area contributed by atoms with Crippen molar-refractivity contribution in [3.05, 3.63) is 0 Å². The molecule has 0 rings (SSSR count). The zero-order chi connectivity index (χ0) is 7.28. The maximum Gasteiger partial charge on any atom is 0.0512 e. The van der Waals surface area contributed by atoms with E-state index in [9.17, 15) is 0 Å². The van der Waals surface area contributed by atoms with Crippen LogP contribution in [-0.4, -0.2) is 22.9 Å². The van der Waals surface area contributed by atoms with Gasteiger partial charge in [0.2, 0.25) is 0 Å². The first kappa shape index (κ1) is 8.92. The first-order valence-corrected chi connectivity index (χ1v) is 3.45. The van der Waals surface area contributed by atoms with Crippen molar-refractivity contribution >= 4 is 0 Å². The molecule has 56 valence electrons. The summed E-state index contributed by atoms with van der Waals surface area (Å²) in [5.41, 5.74) is 0. The molecule has 9 heavy (non-hydrogen) atoms.